The Balaban J connectivity index is 1.49. The van der Waals surface area contributed by atoms with Crippen LogP contribution in [0.15, 0.2) is 30.3 Å². The lowest BCUT2D eigenvalue weighted by atomic mass is 9.99. The van der Waals surface area contributed by atoms with Gasteiger partial charge in [-0.2, -0.15) is 11.8 Å². The van der Waals surface area contributed by atoms with Crippen molar-refractivity contribution in [1.29, 1.82) is 0 Å². The third-order valence-electron chi connectivity index (χ3n) is 5.41. The summed E-state index contributed by atoms with van der Waals surface area (Å²) in [5.41, 5.74) is 1.10. The van der Waals surface area contributed by atoms with E-state index in [0.29, 0.717) is 26.3 Å². The van der Waals surface area contributed by atoms with Crippen LogP contribution < -0.4 is 0 Å². The number of likely N-dealkylation sites (tertiary alicyclic amines) is 1. The Bertz CT molecular complexity index is 576. The molecule has 3 saturated heterocycles. The van der Waals surface area contributed by atoms with E-state index in [0.717, 1.165) is 43.0 Å². The summed E-state index contributed by atoms with van der Waals surface area (Å²) in [6, 6.07) is 10.1. The number of amides is 1. The minimum atomic E-state index is -0.430. The fraction of sp³-hybridized carbons (Fsp3) is 0.632. The standard InChI is InChI=1S/C19H26N2O3S/c22-18(21-8-6-19(7-9-21)23-12-13-24-19)17(16-4-2-1-3-5-16)20-10-14-25-15-11-20/h1-5,17H,6-15H2. The Labute approximate surface area is 153 Å². The molecule has 0 aromatic heterocycles. The van der Waals surface area contributed by atoms with E-state index in [1.807, 2.05) is 34.9 Å². The summed E-state index contributed by atoms with van der Waals surface area (Å²) in [5, 5.41) is 0. The normalized spacial score (nSPS) is 25.2. The second-order valence-electron chi connectivity index (χ2n) is 6.89. The first-order chi connectivity index (χ1) is 12.3. The van der Waals surface area contributed by atoms with Gasteiger partial charge in [0, 0.05) is 50.5 Å². The Morgan fingerprint density at radius 2 is 1.64 bits per heavy atom. The van der Waals surface area contributed by atoms with E-state index in [1.165, 1.54) is 0 Å². The zero-order valence-corrected chi connectivity index (χ0v) is 15.4. The van der Waals surface area contributed by atoms with Crippen LogP contribution in [0.1, 0.15) is 24.4 Å². The summed E-state index contributed by atoms with van der Waals surface area (Å²) in [4.78, 5) is 17.8. The van der Waals surface area contributed by atoms with E-state index in [4.69, 9.17) is 9.47 Å². The molecule has 1 unspecified atom stereocenters. The first-order valence-corrected chi connectivity index (χ1v) is 10.4. The van der Waals surface area contributed by atoms with Gasteiger partial charge in [0.05, 0.1) is 13.2 Å². The molecular weight excluding hydrogens is 336 g/mol. The van der Waals surface area contributed by atoms with Gasteiger partial charge in [0.15, 0.2) is 5.79 Å². The molecule has 0 aliphatic carbocycles. The maximum Gasteiger partial charge on any atom is 0.244 e. The summed E-state index contributed by atoms with van der Waals surface area (Å²) in [7, 11) is 0. The van der Waals surface area contributed by atoms with Gasteiger partial charge < -0.3 is 14.4 Å². The van der Waals surface area contributed by atoms with Crippen LogP contribution in [0.4, 0.5) is 0 Å². The highest BCUT2D eigenvalue weighted by Gasteiger charge is 2.42. The van der Waals surface area contributed by atoms with Crippen LogP contribution in [-0.2, 0) is 14.3 Å². The maximum absolute atomic E-state index is 13.4. The van der Waals surface area contributed by atoms with Gasteiger partial charge in [0.1, 0.15) is 6.04 Å². The molecule has 6 heteroatoms. The van der Waals surface area contributed by atoms with Crippen LogP contribution in [0, 0.1) is 0 Å². The molecule has 0 saturated carbocycles. The Kier molecular flexibility index (Phi) is 5.31. The van der Waals surface area contributed by atoms with Crippen LogP contribution in [-0.4, -0.2) is 72.4 Å². The van der Waals surface area contributed by atoms with Crippen LogP contribution in [0.3, 0.4) is 0 Å². The van der Waals surface area contributed by atoms with E-state index in [-0.39, 0.29) is 11.9 Å². The molecule has 1 aromatic rings. The van der Waals surface area contributed by atoms with E-state index < -0.39 is 5.79 Å². The molecule has 25 heavy (non-hydrogen) atoms. The fourth-order valence-electron chi connectivity index (χ4n) is 4.01. The highest BCUT2D eigenvalue weighted by atomic mass is 32.2. The summed E-state index contributed by atoms with van der Waals surface area (Å²) in [5.74, 6) is 2.00. The molecule has 0 N–H and O–H groups in total. The number of nitrogens with zero attached hydrogens (tertiary/aromatic N) is 2. The summed E-state index contributed by atoms with van der Waals surface area (Å²) < 4.78 is 11.6. The van der Waals surface area contributed by atoms with Gasteiger partial charge in [-0.3, -0.25) is 9.69 Å². The Morgan fingerprint density at radius 1 is 1.00 bits per heavy atom. The monoisotopic (exact) mass is 362 g/mol. The van der Waals surface area contributed by atoms with E-state index >= 15 is 0 Å². The molecule has 5 nitrogen and oxygen atoms in total. The number of carbonyl (C=O) groups is 1. The molecule has 1 amide bonds. The van der Waals surface area contributed by atoms with Crippen molar-refractivity contribution in [3.63, 3.8) is 0 Å². The number of thioether (sulfide) groups is 1. The highest BCUT2D eigenvalue weighted by Crippen LogP contribution is 2.33. The number of hydrogen-bond donors (Lipinski definition) is 0. The molecule has 3 fully saturated rings. The highest BCUT2D eigenvalue weighted by molar-refractivity contribution is 7.99. The number of rotatable bonds is 3. The van der Waals surface area contributed by atoms with Gasteiger partial charge in [-0.25, -0.2) is 0 Å². The van der Waals surface area contributed by atoms with Crippen molar-refractivity contribution in [1.82, 2.24) is 9.80 Å². The quantitative estimate of drug-likeness (QED) is 0.824. The molecule has 1 atom stereocenters. The lowest BCUT2D eigenvalue weighted by Gasteiger charge is -2.41. The topological polar surface area (TPSA) is 42.0 Å². The van der Waals surface area contributed by atoms with Crippen molar-refractivity contribution in [2.75, 3.05) is 50.9 Å². The SMILES string of the molecule is O=C(C(c1ccccc1)N1CCSCC1)N1CCC2(CC1)OCCO2. The predicted octanol–water partition coefficient (Wildman–Crippen LogP) is 2.14. The van der Waals surface area contributed by atoms with Crippen molar-refractivity contribution in [3.8, 4) is 0 Å². The zero-order valence-electron chi connectivity index (χ0n) is 14.6. The molecule has 4 rings (SSSR count). The van der Waals surface area contributed by atoms with Crippen molar-refractivity contribution in [2.45, 2.75) is 24.7 Å². The number of ether oxygens (including phenoxy) is 2. The number of piperidine rings is 1. The van der Waals surface area contributed by atoms with Gasteiger partial charge in [0.25, 0.3) is 0 Å². The second kappa shape index (κ2) is 7.66. The van der Waals surface area contributed by atoms with Gasteiger partial charge in [-0.05, 0) is 5.56 Å². The third kappa shape index (κ3) is 3.72. The minimum absolute atomic E-state index is 0.165. The third-order valence-corrected chi connectivity index (χ3v) is 6.35. The molecule has 1 spiro atoms. The van der Waals surface area contributed by atoms with Crippen LogP contribution in [0.25, 0.3) is 0 Å². The van der Waals surface area contributed by atoms with Crippen LogP contribution >= 0.6 is 11.8 Å². The molecule has 0 bridgehead atoms. The lowest BCUT2D eigenvalue weighted by Crippen LogP contribution is -2.51. The smallest absolute Gasteiger partial charge is 0.244 e. The van der Waals surface area contributed by atoms with Gasteiger partial charge in [0.2, 0.25) is 5.91 Å². The van der Waals surface area contributed by atoms with Crippen molar-refractivity contribution >= 4 is 17.7 Å². The number of hydrogen-bond acceptors (Lipinski definition) is 5. The van der Waals surface area contributed by atoms with Crippen molar-refractivity contribution in [3.05, 3.63) is 35.9 Å². The largest absolute Gasteiger partial charge is 0.347 e. The molecule has 0 radical (unpaired) electrons. The molecule has 3 aliphatic heterocycles. The Hall–Kier alpha value is -1.08. The molecule has 3 aliphatic rings. The van der Waals surface area contributed by atoms with E-state index in [1.54, 1.807) is 0 Å². The first kappa shape index (κ1) is 17.3. The zero-order chi connectivity index (χ0) is 17.1. The van der Waals surface area contributed by atoms with Gasteiger partial charge in [-0.15, -0.1) is 0 Å². The molecule has 3 heterocycles. The van der Waals surface area contributed by atoms with Crippen molar-refractivity contribution < 1.29 is 14.3 Å². The minimum Gasteiger partial charge on any atom is -0.347 e. The van der Waals surface area contributed by atoms with E-state index in [9.17, 15) is 4.79 Å². The second-order valence-corrected chi connectivity index (χ2v) is 8.12. The molecule has 136 valence electrons. The van der Waals surface area contributed by atoms with Crippen LogP contribution in [0.5, 0.6) is 0 Å². The van der Waals surface area contributed by atoms with Crippen molar-refractivity contribution in [2.24, 2.45) is 0 Å². The summed E-state index contributed by atoms with van der Waals surface area (Å²) in [6.07, 6.45) is 1.55. The summed E-state index contributed by atoms with van der Waals surface area (Å²) in [6.45, 7) is 4.72. The first-order valence-electron chi connectivity index (χ1n) is 9.21. The number of carbonyl (C=O) groups excluding carboxylic acids is 1. The lowest BCUT2D eigenvalue weighted by molar-refractivity contribution is -0.188. The summed E-state index contributed by atoms with van der Waals surface area (Å²) >= 11 is 1.97. The average Bonchev–Trinajstić information content (AvgIpc) is 3.12. The van der Waals surface area contributed by atoms with Gasteiger partial charge in [-0.1, -0.05) is 30.3 Å². The van der Waals surface area contributed by atoms with Crippen LogP contribution in [0.2, 0.25) is 0 Å². The molecular formula is C19H26N2O3S. The number of benzene rings is 1. The van der Waals surface area contributed by atoms with Gasteiger partial charge >= 0.3 is 0 Å². The van der Waals surface area contributed by atoms with E-state index in [2.05, 4.69) is 17.0 Å². The fourth-order valence-corrected chi connectivity index (χ4v) is 4.94. The predicted molar refractivity (Wildman–Crippen MR) is 98.5 cm³/mol. The Morgan fingerprint density at radius 3 is 2.28 bits per heavy atom. The maximum atomic E-state index is 13.4. The average molecular weight is 362 g/mol. The molecule has 1 aromatic carbocycles.